The van der Waals surface area contributed by atoms with Crippen molar-refractivity contribution in [1.82, 2.24) is 15.1 Å². The third-order valence-electron chi connectivity index (χ3n) is 2.79. The number of carbonyl (C=O) groups excluding carboxylic acids is 1. The van der Waals surface area contributed by atoms with Gasteiger partial charge in [0.05, 0.1) is 10.6 Å². The largest absolute Gasteiger partial charge is 0.352 e. The molecule has 0 aliphatic rings. The van der Waals surface area contributed by atoms with Gasteiger partial charge in [-0.2, -0.15) is 5.10 Å². The van der Waals surface area contributed by atoms with E-state index in [4.69, 9.17) is 23.2 Å². The fourth-order valence-electron chi connectivity index (χ4n) is 1.75. The summed E-state index contributed by atoms with van der Waals surface area (Å²) in [5, 5.41) is 7.46. The Balaban J connectivity index is 1.86. The van der Waals surface area contributed by atoms with Crippen molar-refractivity contribution in [3.63, 3.8) is 0 Å². The van der Waals surface area contributed by atoms with Gasteiger partial charge in [0.15, 0.2) is 0 Å². The quantitative estimate of drug-likeness (QED) is 0.858. The van der Waals surface area contributed by atoms with Gasteiger partial charge < -0.3 is 5.32 Å². The van der Waals surface area contributed by atoms with Gasteiger partial charge in [-0.15, -0.1) is 0 Å². The molecule has 110 valence electrons. The minimum Gasteiger partial charge on any atom is -0.352 e. The molecule has 0 saturated carbocycles. The number of amides is 1. The molecular formula is C14H13Cl2N3O2. The van der Waals surface area contributed by atoms with Crippen molar-refractivity contribution in [1.29, 1.82) is 0 Å². The van der Waals surface area contributed by atoms with Crippen molar-refractivity contribution in [3.8, 4) is 0 Å². The van der Waals surface area contributed by atoms with Crippen LogP contribution in [0.5, 0.6) is 0 Å². The summed E-state index contributed by atoms with van der Waals surface area (Å²) in [6, 6.07) is 7.74. The van der Waals surface area contributed by atoms with E-state index in [9.17, 15) is 9.59 Å². The van der Waals surface area contributed by atoms with Gasteiger partial charge >= 0.3 is 0 Å². The molecule has 0 radical (unpaired) electrons. The zero-order valence-electron chi connectivity index (χ0n) is 11.1. The summed E-state index contributed by atoms with van der Waals surface area (Å²) in [7, 11) is 0. The van der Waals surface area contributed by atoms with Crippen LogP contribution in [0, 0.1) is 0 Å². The van der Waals surface area contributed by atoms with E-state index in [2.05, 4.69) is 10.4 Å². The molecule has 1 aromatic carbocycles. The molecule has 0 aliphatic heterocycles. The average Bonchev–Trinajstić information content (AvgIpc) is 2.47. The molecule has 0 saturated heterocycles. The summed E-state index contributed by atoms with van der Waals surface area (Å²) in [5.41, 5.74) is 0.167. The van der Waals surface area contributed by atoms with Crippen LogP contribution in [0.15, 0.2) is 41.3 Å². The highest BCUT2D eigenvalue weighted by Gasteiger charge is 2.10. The fourth-order valence-corrected chi connectivity index (χ4v) is 2.13. The molecule has 1 aromatic heterocycles. The molecule has 0 atom stereocenters. The van der Waals surface area contributed by atoms with Crippen LogP contribution in [-0.2, 0) is 6.54 Å². The molecule has 21 heavy (non-hydrogen) atoms. The molecule has 1 amide bonds. The van der Waals surface area contributed by atoms with Crippen LogP contribution in [0.3, 0.4) is 0 Å². The number of benzene rings is 1. The van der Waals surface area contributed by atoms with E-state index in [1.165, 1.54) is 16.8 Å². The van der Waals surface area contributed by atoms with Gasteiger partial charge in [0, 0.05) is 30.4 Å². The van der Waals surface area contributed by atoms with Crippen molar-refractivity contribution in [2.75, 3.05) is 6.54 Å². The van der Waals surface area contributed by atoms with E-state index in [1.54, 1.807) is 24.4 Å². The first-order chi connectivity index (χ1) is 10.1. The lowest BCUT2D eigenvalue weighted by molar-refractivity contribution is 0.0952. The first-order valence-electron chi connectivity index (χ1n) is 6.33. The Bertz CT molecular complexity index is 701. The third kappa shape index (κ3) is 4.31. The molecule has 1 N–H and O–H groups in total. The third-order valence-corrected chi connectivity index (χ3v) is 3.36. The molecule has 5 nitrogen and oxygen atoms in total. The molecule has 0 aliphatic carbocycles. The number of rotatable bonds is 5. The Labute approximate surface area is 131 Å². The monoisotopic (exact) mass is 325 g/mol. The fraction of sp³-hybridized carbons (Fsp3) is 0.214. The van der Waals surface area contributed by atoms with Gasteiger partial charge in [-0.05, 0) is 30.7 Å². The molecular weight excluding hydrogens is 313 g/mol. The number of nitrogens with zero attached hydrogens (tertiary/aromatic N) is 2. The lowest BCUT2D eigenvalue weighted by atomic mass is 10.2. The predicted molar refractivity (Wildman–Crippen MR) is 81.9 cm³/mol. The highest BCUT2D eigenvalue weighted by atomic mass is 35.5. The Morgan fingerprint density at radius 1 is 1.29 bits per heavy atom. The Kier molecular flexibility index (Phi) is 5.36. The lowest BCUT2D eigenvalue weighted by Crippen LogP contribution is -2.27. The Hall–Kier alpha value is -1.85. The van der Waals surface area contributed by atoms with Crippen molar-refractivity contribution >= 4 is 29.1 Å². The summed E-state index contributed by atoms with van der Waals surface area (Å²) in [6.45, 7) is 0.841. The molecule has 0 fully saturated rings. The maximum absolute atomic E-state index is 12.0. The number of nitrogens with one attached hydrogen (secondary N) is 1. The average molecular weight is 326 g/mol. The van der Waals surface area contributed by atoms with E-state index in [0.717, 1.165) is 0 Å². The first-order valence-corrected chi connectivity index (χ1v) is 7.09. The van der Waals surface area contributed by atoms with Gasteiger partial charge in [0.25, 0.3) is 11.5 Å². The van der Waals surface area contributed by atoms with Crippen molar-refractivity contribution in [3.05, 3.63) is 62.5 Å². The zero-order chi connectivity index (χ0) is 15.2. The summed E-state index contributed by atoms with van der Waals surface area (Å²) in [6.07, 6.45) is 2.13. The van der Waals surface area contributed by atoms with Gasteiger partial charge in [0.1, 0.15) is 0 Å². The number of carbonyl (C=O) groups is 1. The molecule has 0 unspecified atom stereocenters. The second-order valence-corrected chi connectivity index (χ2v) is 5.16. The zero-order valence-corrected chi connectivity index (χ0v) is 12.6. The second kappa shape index (κ2) is 7.24. The molecule has 2 aromatic rings. The van der Waals surface area contributed by atoms with E-state index in [1.807, 2.05) is 0 Å². The highest BCUT2D eigenvalue weighted by molar-refractivity contribution is 6.35. The van der Waals surface area contributed by atoms with Crippen molar-refractivity contribution in [2.45, 2.75) is 13.0 Å². The summed E-state index contributed by atoms with van der Waals surface area (Å²) >= 11 is 11.8. The van der Waals surface area contributed by atoms with Crippen LogP contribution >= 0.6 is 23.2 Å². The van der Waals surface area contributed by atoms with Gasteiger partial charge in [0.2, 0.25) is 0 Å². The Morgan fingerprint density at radius 2 is 2.10 bits per heavy atom. The van der Waals surface area contributed by atoms with Gasteiger partial charge in [-0.3, -0.25) is 9.59 Å². The molecule has 1 heterocycles. The summed E-state index contributed by atoms with van der Waals surface area (Å²) in [5.74, 6) is -0.295. The maximum Gasteiger partial charge on any atom is 0.266 e. The standard InChI is InChI=1S/C14H13Cl2N3O2/c15-10-4-5-12(16)11(9-10)14(21)17-6-2-8-19-13(20)3-1-7-18-19/h1,3-5,7,9H,2,6,8H2,(H,17,21). The second-order valence-electron chi connectivity index (χ2n) is 4.32. The van der Waals surface area contributed by atoms with Crippen LogP contribution in [-0.4, -0.2) is 22.2 Å². The number of aryl methyl sites for hydroxylation is 1. The number of hydrogen-bond acceptors (Lipinski definition) is 3. The number of hydrogen-bond donors (Lipinski definition) is 1. The topological polar surface area (TPSA) is 64.0 Å². The van der Waals surface area contributed by atoms with Crippen LogP contribution in [0.4, 0.5) is 0 Å². The van der Waals surface area contributed by atoms with E-state index in [-0.39, 0.29) is 11.5 Å². The summed E-state index contributed by atoms with van der Waals surface area (Å²) in [4.78, 5) is 23.4. The van der Waals surface area contributed by atoms with Crippen molar-refractivity contribution < 1.29 is 4.79 Å². The van der Waals surface area contributed by atoms with Crippen molar-refractivity contribution in [2.24, 2.45) is 0 Å². The van der Waals surface area contributed by atoms with Gasteiger partial charge in [-0.25, -0.2) is 4.68 Å². The normalized spacial score (nSPS) is 10.4. The smallest absolute Gasteiger partial charge is 0.266 e. The minimum absolute atomic E-state index is 0.165. The molecule has 2 rings (SSSR count). The van der Waals surface area contributed by atoms with E-state index < -0.39 is 0 Å². The first kappa shape index (κ1) is 15.5. The molecule has 7 heteroatoms. The number of aromatic nitrogens is 2. The maximum atomic E-state index is 12.0. The lowest BCUT2D eigenvalue weighted by Gasteiger charge is -2.07. The minimum atomic E-state index is -0.295. The van der Waals surface area contributed by atoms with Crippen LogP contribution < -0.4 is 10.9 Å². The SMILES string of the molecule is O=C(NCCCn1ncccc1=O)c1cc(Cl)ccc1Cl. The Morgan fingerprint density at radius 3 is 2.86 bits per heavy atom. The number of halogens is 2. The van der Waals surface area contributed by atoms with E-state index >= 15 is 0 Å². The highest BCUT2D eigenvalue weighted by Crippen LogP contribution is 2.20. The molecule has 0 bridgehead atoms. The van der Waals surface area contributed by atoms with Crippen LogP contribution in [0.25, 0.3) is 0 Å². The summed E-state index contributed by atoms with van der Waals surface area (Å²) < 4.78 is 1.35. The van der Waals surface area contributed by atoms with Gasteiger partial charge in [-0.1, -0.05) is 23.2 Å². The molecule has 0 spiro atoms. The van der Waals surface area contributed by atoms with E-state index in [0.29, 0.717) is 35.1 Å². The van der Waals surface area contributed by atoms with Crippen LogP contribution in [0.2, 0.25) is 10.0 Å². The predicted octanol–water partition coefficient (Wildman–Crippen LogP) is 2.37. The van der Waals surface area contributed by atoms with Crippen LogP contribution in [0.1, 0.15) is 16.8 Å².